The van der Waals surface area contributed by atoms with Gasteiger partial charge in [-0.15, -0.1) is 18.1 Å². The maximum absolute atomic E-state index is 12.0. The van der Waals surface area contributed by atoms with Gasteiger partial charge in [0.25, 0.3) is 0 Å². The van der Waals surface area contributed by atoms with Crippen LogP contribution in [0.2, 0.25) is 0 Å². The number of hydrogen-bond donors (Lipinski definition) is 2. The summed E-state index contributed by atoms with van der Waals surface area (Å²) in [4.78, 5) is 0. The third kappa shape index (κ3) is 8.46. The predicted octanol–water partition coefficient (Wildman–Crippen LogP) is 4.00. The zero-order valence-electron chi connectivity index (χ0n) is 15.8. The summed E-state index contributed by atoms with van der Waals surface area (Å²) in [6.07, 6.45) is 9.80. The molecule has 0 bridgehead atoms. The van der Waals surface area contributed by atoms with E-state index in [1.807, 2.05) is 0 Å². The van der Waals surface area contributed by atoms with Crippen molar-refractivity contribution in [2.45, 2.75) is 76.4 Å². The molecule has 2 aliphatic carbocycles. The standard InChI is InChI=1S/C17H32O8P2/c18-11-17(12-19,13-22-26(20)24-15-7-3-1-4-8-15)14-23-27(21)25-16-9-5-2-6-10-16/h15-16,18-19H,1-14H2/q+2. The first-order valence-corrected chi connectivity index (χ1v) is 12.0. The van der Waals surface area contributed by atoms with Gasteiger partial charge in [0.05, 0.1) is 18.6 Å². The van der Waals surface area contributed by atoms with Gasteiger partial charge in [0.1, 0.15) is 25.4 Å². The molecule has 2 N–H and O–H groups in total. The summed E-state index contributed by atoms with van der Waals surface area (Å²) >= 11 is 0. The highest BCUT2D eigenvalue weighted by molar-refractivity contribution is 7.33. The van der Waals surface area contributed by atoms with Crippen LogP contribution >= 0.6 is 16.5 Å². The van der Waals surface area contributed by atoms with Crippen LogP contribution < -0.4 is 0 Å². The minimum absolute atomic E-state index is 0.0744. The Morgan fingerprint density at radius 1 is 0.704 bits per heavy atom. The van der Waals surface area contributed by atoms with E-state index in [4.69, 9.17) is 18.1 Å². The van der Waals surface area contributed by atoms with E-state index >= 15 is 0 Å². The summed E-state index contributed by atoms with van der Waals surface area (Å²) in [5.41, 5.74) is -1.22. The first-order chi connectivity index (χ1) is 13.1. The minimum Gasteiger partial charge on any atom is -0.396 e. The molecule has 27 heavy (non-hydrogen) atoms. The second-order valence-electron chi connectivity index (χ2n) is 7.54. The molecule has 2 atom stereocenters. The van der Waals surface area contributed by atoms with Crippen molar-refractivity contribution in [2.24, 2.45) is 5.41 Å². The summed E-state index contributed by atoms with van der Waals surface area (Å²) < 4.78 is 45.3. The van der Waals surface area contributed by atoms with Gasteiger partial charge in [0, 0.05) is 9.13 Å². The minimum atomic E-state index is -2.35. The lowest BCUT2D eigenvalue weighted by molar-refractivity contribution is -0.0253. The van der Waals surface area contributed by atoms with Crippen molar-refractivity contribution < 1.29 is 37.4 Å². The van der Waals surface area contributed by atoms with Crippen LogP contribution in [0, 0.1) is 5.41 Å². The molecule has 10 heteroatoms. The van der Waals surface area contributed by atoms with Crippen LogP contribution in [0.15, 0.2) is 0 Å². The molecule has 0 saturated heterocycles. The fourth-order valence-electron chi connectivity index (χ4n) is 3.30. The van der Waals surface area contributed by atoms with Crippen molar-refractivity contribution in [1.29, 1.82) is 0 Å². The van der Waals surface area contributed by atoms with E-state index in [0.717, 1.165) is 64.2 Å². The molecule has 0 heterocycles. The van der Waals surface area contributed by atoms with Crippen molar-refractivity contribution in [3.63, 3.8) is 0 Å². The van der Waals surface area contributed by atoms with Crippen molar-refractivity contribution in [2.75, 3.05) is 26.4 Å². The largest absolute Gasteiger partial charge is 0.697 e. The summed E-state index contributed by atoms with van der Waals surface area (Å²) in [7, 11) is -4.70. The Balaban J connectivity index is 1.73. The lowest BCUT2D eigenvalue weighted by Gasteiger charge is -2.24. The fourth-order valence-corrected chi connectivity index (χ4v) is 5.09. The molecular weight excluding hydrogens is 394 g/mol. The molecule has 2 saturated carbocycles. The van der Waals surface area contributed by atoms with E-state index in [0.29, 0.717) is 0 Å². The molecular formula is C17H32O8P2+2. The molecule has 0 radical (unpaired) electrons. The maximum Gasteiger partial charge on any atom is 0.697 e. The van der Waals surface area contributed by atoms with Gasteiger partial charge in [-0.05, 0) is 25.7 Å². The molecule has 2 aliphatic rings. The lowest BCUT2D eigenvalue weighted by atomic mass is 9.93. The lowest BCUT2D eigenvalue weighted by Crippen LogP contribution is -2.38. The molecule has 156 valence electrons. The van der Waals surface area contributed by atoms with Gasteiger partial charge >= 0.3 is 16.5 Å². The predicted molar refractivity (Wildman–Crippen MR) is 99.6 cm³/mol. The number of aliphatic hydroxyl groups excluding tert-OH is 2. The smallest absolute Gasteiger partial charge is 0.396 e. The molecule has 0 aliphatic heterocycles. The average molecular weight is 426 g/mol. The van der Waals surface area contributed by atoms with Crippen LogP contribution in [-0.2, 0) is 27.2 Å². The number of hydrogen-bond acceptors (Lipinski definition) is 8. The summed E-state index contributed by atoms with van der Waals surface area (Å²) in [5.74, 6) is 0. The van der Waals surface area contributed by atoms with Crippen molar-refractivity contribution in [3.8, 4) is 0 Å². The van der Waals surface area contributed by atoms with Gasteiger partial charge in [-0.3, -0.25) is 0 Å². The fraction of sp³-hybridized carbons (Fsp3) is 1.00. The van der Waals surface area contributed by atoms with E-state index in [9.17, 15) is 19.3 Å². The highest BCUT2D eigenvalue weighted by Gasteiger charge is 2.40. The second kappa shape index (κ2) is 12.5. The van der Waals surface area contributed by atoms with Crippen LogP contribution in [0.3, 0.4) is 0 Å². The third-order valence-corrected chi connectivity index (χ3v) is 6.82. The van der Waals surface area contributed by atoms with Gasteiger partial charge in [0.2, 0.25) is 0 Å². The van der Waals surface area contributed by atoms with Crippen LogP contribution in [-0.4, -0.2) is 48.8 Å². The molecule has 0 spiro atoms. The van der Waals surface area contributed by atoms with Crippen LogP contribution in [0.5, 0.6) is 0 Å². The Morgan fingerprint density at radius 3 is 1.41 bits per heavy atom. The summed E-state index contributed by atoms with van der Waals surface area (Å²) in [6, 6.07) is 0. The van der Waals surface area contributed by atoms with Crippen molar-refractivity contribution in [1.82, 2.24) is 0 Å². The quantitative estimate of drug-likeness (QED) is 0.451. The molecule has 2 unspecified atom stereocenters. The van der Waals surface area contributed by atoms with E-state index < -0.39 is 35.1 Å². The Labute approximate surface area is 162 Å². The third-order valence-electron chi connectivity index (χ3n) is 5.20. The van der Waals surface area contributed by atoms with Crippen LogP contribution in [0.25, 0.3) is 0 Å². The molecule has 0 amide bonds. The van der Waals surface area contributed by atoms with Crippen LogP contribution in [0.1, 0.15) is 64.2 Å². The SMILES string of the molecule is O=[P+](OCC(CO)(CO)CO[P+](=O)OC1CCCCC1)OC1CCCCC1. The zero-order chi connectivity index (χ0) is 19.5. The highest BCUT2D eigenvalue weighted by atomic mass is 31.1. The molecule has 8 nitrogen and oxygen atoms in total. The summed E-state index contributed by atoms with van der Waals surface area (Å²) in [6.45, 7) is -1.39. The van der Waals surface area contributed by atoms with Crippen molar-refractivity contribution >= 4 is 16.5 Å². The van der Waals surface area contributed by atoms with E-state index in [1.54, 1.807) is 0 Å². The van der Waals surface area contributed by atoms with Gasteiger partial charge < -0.3 is 10.2 Å². The van der Waals surface area contributed by atoms with Gasteiger partial charge in [-0.1, -0.05) is 38.5 Å². The van der Waals surface area contributed by atoms with Crippen LogP contribution in [0.4, 0.5) is 0 Å². The average Bonchev–Trinajstić information content (AvgIpc) is 2.70. The Hall–Kier alpha value is -0.0400. The Morgan fingerprint density at radius 2 is 1.07 bits per heavy atom. The first-order valence-electron chi connectivity index (χ1n) is 9.82. The first kappa shape index (κ1) is 23.2. The van der Waals surface area contributed by atoms with E-state index in [1.165, 1.54) is 0 Å². The number of rotatable bonds is 12. The summed E-state index contributed by atoms with van der Waals surface area (Å²) in [5, 5.41) is 19.3. The second-order valence-corrected chi connectivity index (χ2v) is 9.37. The molecule has 0 aromatic rings. The molecule has 0 aromatic heterocycles. The zero-order valence-corrected chi connectivity index (χ0v) is 17.6. The molecule has 2 rings (SSSR count). The Bertz CT molecular complexity index is 422. The van der Waals surface area contributed by atoms with E-state index in [-0.39, 0.29) is 25.4 Å². The normalized spacial score (nSPS) is 21.3. The number of aliphatic hydroxyl groups is 2. The highest BCUT2D eigenvalue weighted by Crippen LogP contribution is 2.37. The Kier molecular flexibility index (Phi) is 10.8. The van der Waals surface area contributed by atoms with Gasteiger partial charge in [-0.2, -0.15) is 0 Å². The monoisotopic (exact) mass is 426 g/mol. The van der Waals surface area contributed by atoms with Gasteiger partial charge in [0.15, 0.2) is 0 Å². The maximum atomic E-state index is 12.0. The molecule has 0 aromatic carbocycles. The topological polar surface area (TPSA) is 112 Å². The molecule has 2 fully saturated rings. The van der Waals surface area contributed by atoms with Gasteiger partial charge in [-0.25, -0.2) is 0 Å². The van der Waals surface area contributed by atoms with Crippen molar-refractivity contribution in [3.05, 3.63) is 0 Å². The van der Waals surface area contributed by atoms with E-state index in [2.05, 4.69) is 0 Å².